The van der Waals surface area contributed by atoms with Gasteiger partial charge in [-0.05, 0) is 0 Å². The summed E-state index contributed by atoms with van der Waals surface area (Å²) in [6, 6.07) is 0. The average Bonchev–Trinajstić information content (AvgIpc) is 1.72. The second-order valence-electron chi connectivity index (χ2n) is 0.577. The van der Waals surface area contributed by atoms with Crippen LogP contribution in [-0.4, -0.2) is 0 Å². The molecule has 6 heavy (non-hydrogen) atoms. The fraction of sp³-hybridized carbons (Fsp3) is 0.250. The second kappa shape index (κ2) is 16.5. The van der Waals surface area contributed by atoms with Crippen molar-refractivity contribution in [3.8, 4) is 0 Å². The number of hydrogen-bond donors (Lipinski definition) is 0. The quantitative estimate of drug-likeness (QED) is 0.289. The summed E-state index contributed by atoms with van der Waals surface area (Å²) in [7, 11) is 0. The Morgan fingerprint density at radius 2 is 2.00 bits per heavy atom. The van der Waals surface area contributed by atoms with Gasteiger partial charge in [-0.2, -0.15) is 6.42 Å². The summed E-state index contributed by atoms with van der Waals surface area (Å²) in [5, 5.41) is 0. The molecule has 0 saturated heterocycles. The molecule has 0 radical (unpaired) electrons. The molecular formula is C4H7IZn. The Morgan fingerprint density at radius 1 is 1.83 bits per heavy atom. The minimum absolute atomic E-state index is 0.833. The van der Waals surface area contributed by atoms with Gasteiger partial charge in [0, 0.05) is 0 Å². The van der Waals surface area contributed by atoms with Crippen LogP contribution in [0, 0.1) is 6.92 Å². The molecule has 2 heteroatoms. The Hall–Kier alpha value is 1.09. The number of rotatable bonds is 1. The van der Waals surface area contributed by atoms with Crippen LogP contribution in [0.5, 0.6) is 0 Å². The standard InChI is InChI=1S/C4H7.HI.Zn/c1-3-4-2;;/h3H,1-2,4H2;1H;/q-1;;+2/p-1. The summed E-state index contributed by atoms with van der Waals surface area (Å²) >= 11 is 3.62. The Bertz CT molecular complexity index is 21.5. The second-order valence-corrected chi connectivity index (χ2v) is 0.577. The van der Waals surface area contributed by atoms with Gasteiger partial charge < -0.3 is 6.92 Å². The topological polar surface area (TPSA) is 0 Å². The van der Waals surface area contributed by atoms with Crippen molar-refractivity contribution in [2.45, 2.75) is 6.42 Å². The molecule has 0 aromatic rings. The SMILES string of the molecule is C=CC[CH2-].[Zn+][I]. The fourth-order valence-electron chi connectivity index (χ4n) is 0. The number of halogens is 1. The van der Waals surface area contributed by atoms with Crippen LogP contribution in [0.3, 0.4) is 0 Å². The molecule has 0 bridgehead atoms. The van der Waals surface area contributed by atoms with Gasteiger partial charge in [0.05, 0.1) is 0 Å². The van der Waals surface area contributed by atoms with E-state index in [4.69, 9.17) is 0 Å². The molecule has 0 aliphatic heterocycles. The van der Waals surface area contributed by atoms with Crippen molar-refractivity contribution in [2.75, 3.05) is 0 Å². The van der Waals surface area contributed by atoms with Crippen molar-refractivity contribution in [2.24, 2.45) is 0 Å². The molecule has 0 spiro atoms. The number of allylic oxidation sites excluding steroid dienone is 1. The van der Waals surface area contributed by atoms with Crippen LogP contribution in [-0.2, 0) is 14.8 Å². The molecular weight excluding hydrogens is 240 g/mol. The molecule has 0 heterocycles. The monoisotopic (exact) mass is 246 g/mol. The number of hydrogen-bond acceptors (Lipinski definition) is 0. The molecule has 0 rings (SSSR count). The van der Waals surface area contributed by atoms with Crippen LogP contribution in [0.25, 0.3) is 0 Å². The van der Waals surface area contributed by atoms with Crippen molar-refractivity contribution in [1.29, 1.82) is 0 Å². The molecule has 0 saturated carbocycles. The molecule has 0 aromatic heterocycles. The first-order valence-corrected chi connectivity index (χ1v) is 10.6. The van der Waals surface area contributed by atoms with Gasteiger partial charge in [-0.15, -0.1) is 12.7 Å². The van der Waals surface area contributed by atoms with Crippen LogP contribution >= 0.6 is 19.8 Å². The molecule has 0 amide bonds. The predicted molar refractivity (Wildman–Crippen MR) is 34.2 cm³/mol. The Kier molecular flexibility index (Phi) is 28.0. The van der Waals surface area contributed by atoms with Crippen LogP contribution in [0.2, 0.25) is 0 Å². The molecule has 0 aromatic carbocycles. The van der Waals surface area contributed by atoms with Gasteiger partial charge in [-0.3, -0.25) is 0 Å². The van der Waals surface area contributed by atoms with E-state index in [0.29, 0.717) is 0 Å². The van der Waals surface area contributed by atoms with Gasteiger partial charge in [0.25, 0.3) is 0 Å². The van der Waals surface area contributed by atoms with Gasteiger partial charge in [-0.1, -0.05) is 0 Å². The van der Waals surface area contributed by atoms with E-state index in [9.17, 15) is 0 Å². The van der Waals surface area contributed by atoms with Crippen molar-refractivity contribution in [3.63, 3.8) is 0 Å². The van der Waals surface area contributed by atoms with Crippen molar-refractivity contribution in [3.05, 3.63) is 19.6 Å². The molecule has 0 N–H and O–H groups in total. The normalized spacial score (nSPS) is 5.33. The van der Waals surface area contributed by atoms with Crippen LogP contribution < -0.4 is 0 Å². The molecule has 0 aliphatic carbocycles. The van der Waals surface area contributed by atoms with Gasteiger partial charge in [0.15, 0.2) is 0 Å². The predicted octanol–water partition coefficient (Wildman–Crippen LogP) is 2.28. The van der Waals surface area contributed by atoms with Crippen molar-refractivity contribution >= 4 is 19.8 Å². The van der Waals surface area contributed by atoms with Gasteiger partial charge >= 0.3 is 34.5 Å². The zero-order valence-corrected chi connectivity index (χ0v) is 8.91. The first-order chi connectivity index (χ1) is 2.91. The van der Waals surface area contributed by atoms with E-state index >= 15 is 0 Å². The zero-order valence-electron chi connectivity index (χ0n) is 3.78. The third kappa shape index (κ3) is 19.5. The molecule has 0 fully saturated rings. The average molecular weight is 247 g/mol. The molecule has 0 nitrogen and oxygen atoms in total. The van der Waals surface area contributed by atoms with Gasteiger partial charge in [0.2, 0.25) is 0 Å². The summed E-state index contributed by atoms with van der Waals surface area (Å²) < 4.78 is 0. The van der Waals surface area contributed by atoms with Crippen LogP contribution in [0.1, 0.15) is 6.42 Å². The van der Waals surface area contributed by atoms with E-state index < -0.39 is 0 Å². The van der Waals surface area contributed by atoms with Crippen molar-refractivity contribution in [1.82, 2.24) is 0 Å². The van der Waals surface area contributed by atoms with Crippen LogP contribution in [0.4, 0.5) is 0 Å². The maximum absolute atomic E-state index is 3.49. The molecule has 0 atom stereocenters. The van der Waals surface area contributed by atoms with Gasteiger partial charge in [0.1, 0.15) is 0 Å². The third-order valence-electron chi connectivity index (χ3n) is 0.204. The summed E-state index contributed by atoms with van der Waals surface area (Å²) in [6.45, 7) is 6.90. The van der Waals surface area contributed by atoms with Gasteiger partial charge in [-0.25, -0.2) is 0 Å². The summed E-state index contributed by atoms with van der Waals surface area (Å²) in [6.07, 6.45) is 2.60. The summed E-state index contributed by atoms with van der Waals surface area (Å²) in [5.74, 6) is 0. The summed E-state index contributed by atoms with van der Waals surface area (Å²) in [5.41, 5.74) is 0. The van der Waals surface area contributed by atoms with E-state index in [2.05, 4.69) is 33.3 Å². The molecule has 32 valence electrons. The van der Waals surface area contributed by atoms with Crippen molar-refractivity contribution < 1.29 is 14.8 Å². The van der Waals surface area contributed by atoms with Crippen LogP contribution in [0.15, 0.2) is 12.7 Å². The third-order valence-corrected chi connectivity index (χ3v) is 0.204. The van der Waals surface area contributed by atoms with E-state index in [1.165, 1.54) is 14.8 Å². The summed E-state index contributed by atoms with van der Waals surface area (Å²) in [4.78, 5) is 0. The Balaban J connectivity index is 0. The maximum atomic E-state index is 3.49. The fourth-order valence-corrected chi connectivity index (χ4v) is 0. The molecule has 0 unspecified atom stereocenters. The van der Waals surface area contributed by atoms with E-state index in [-0.39, 0.29) is 0 Å². The Morgan fingerprint density at radius 3 is 2.00 bits per heavy atom. The zero-order chi connectivity index (χ0) is 5.41. The first-order valence-electron chi connectivity index (χ1n) is 1.58. The minimum atomic E-state index is 0.833. The Labute approximate surface area is 60.3 Å². The molecule has 0 aliphatic rings. The van der Waals surface area contributed by atoms with E-state index in [1.54, 1.807) is 6.08 Å². The van der Waals surface area contributed by atoms with E-state index in [0.717, 1.165) is 6.42 Å². The first kappa shape index (κ1) is 10.2. The van der Waals surface area contributed by atoms with E-state index in [1.807, 2.05) is 0 Å².